The second-order valence-electron chi connectivity index (χ2n) is 6.39. The first-order valence-corrected chi connectivity index (χ1v) is 8.15. The Bertz CT molecular complexity index is 721. The van der Waals surface area contributed by atoms with Crippen molar-refractivity contribution < 1.29 is 22.7 Å². The number of esters is 1. The fraction of sp³-hybridized carbons (Fsp3) is 0.350. The van der Waals surface area contributed by atoms with Crippen molar-refractivity contribution in [1.82, 2.24) is 0 Å². The fourth-order valence-electron chi connectivity index (χ4n) is 2.69. The number of rotatable bonds is 5. The lowest BCUT2D eigenvalue weighted by molar-refractivity contribution is -0.138. The van der Waals surface area contributed by atoms with Gasteiger partial charge in [-0.2, -0.15) is 13.2 Å². The minimum Gasteiger partial charge on any atom is -0.454 e. The average Bonchev–Trinajstić information content (AvgIpc) is 2.54. The Morgan fingerprint density at radius 2 is 1.64 bits per heavy atom. The molecule has 0 spiro atoms. The van der Waals surface area contributed by atoms with E-state index >= 15 is 0 Å². The number of hydrogen-bond acceptors (Lipinski definition) is 2. The molecule has 0 N–H and O–H groups in total. The van der Waals surface area contributed by atoms with Crippen molar-refractivity contribution in [3.63, 3.8) is 0 Å². The van der Waals surface area contributed by atoms with Crippen molar-refractivity contribution in [3.8, 4) is 0 Å². The van der Waals surface area contributed by atoms with Crippen LogP contribution in [-0.4, -0.2) is 5.97 Å². The van der Waals surface area contributed by atoms with Crippen LogP contribution in [0.15, 0.2) is 48.5 Å². The van der Waals surface area contributed by atoms with Crippen LogP contribution < -0.4 is 0 Å². The van der Waals surface area contributed by atoms with Gasteiger partial charge in [0.1, 0.15) is 6.10 Å². The van der Waals surface area contributed by atoms with E-state index in [9.17, 15) is 18.0 Å². The Morgan fingerprint density at radius 3 is 2.20 bits per heavy atom. The molecule has 0 aliphatic heterocycles. The molecule has 0 amide bonds. The van der Waals surface area contributed by atoms with Crippen LogP contribution in [0, 0.1) is 5.92 Å². The molecule has 0 bridgehead atoms. The molecule has 2 aromatic carbocycles. The third kappa shape index (κ3) is 4.84. The van der Waals surface area contributed by atoms with Crippen LogP contribution in [0.4, 0.5) is 13.2 Å². The van der Waals surface area contributed by atoms with Crippen LogP contribution in [-0.2, 0) is 17.3 Å². The molecule has 0 aliphatic rings. The molecule has 0 radical (unpaired) electrons. The molecular formula is C20H21F3O2. The van der Waals surface area contributed by atoms with Crippen LogP contribution in [0.3, 0.4) is 0 Å². The van der Waals surface area contributed by atoms with E-state index in [4.69, 9.17) is 4.74 Å². The normalized spacial score (nSPS) is 12.9. The van der Waals surface area contributed by atoms with Crippen molar-refractivity contribution in [2.75, 3.05) is 0 Å². The van der Waals surface area contributed by atoms with Gasteiger partial charge < -0.3 is 4.74 Å². The predicted molar refractivity (Wildman–Crippen MR) is 90.3 cm³/mol. The van der Waals surface area contributed by atoms with E-state index in [0.29, 0.717) is 0 Å². The number of halogens is 3. The first-order valence-electron chi connectivity index (χ1n) is 8.15. The van der Waals surface area contributed by atoms with Crippen LogP contribution >= 0.6 is 0 Å². The van der Waals surface area contributed by atoms with Gasteiger partial charge in [0.25, 0.3) is 0 Å². The zero-order chi connectivity index (χ0) is 18.6. The minimum atomic E-state index is -4.51. The molecule has 25 heavy (non-hydrogen) atoms. The van der Waals surface area contributed by atoms with Gasteiger partial charge in [-0.05, 0) is 42.5 Å². The Hall–Kier alpha value is -2.30. The van der Waals surface area contributed by atoms with Crippen molar-refractivity contribution in [3.05, 3.63) is 70.8 Å². The second-order valence-corrected chi connectivity index (χ2v) is 6.39. The first kappa shape index (κ1) is 19.0. The molecular weight excluding hydrogens is 329 g/mol. The molecule has 0 aliphatic carbocycles. The summed E-state index contributed by atoms with van der Waals surface area (Å²) in [6.45, 7) is 5.33. The first-order chi connectivity index (χ1) is 11.7. The van der Waals surface area contributed by atoms with Gasteiger partial charge in [0.2, 0.25) is 0 Å². The fourth-order valence-corrected chi connectivity index (χ4v) is 2.69. The Morgan fingerprint density at radius 1 is 1.00 bits per heavy atom. The van der Waals surface area contributed by atoms with E-state index in [1.165, 1.54) is 12.1 Å². The van der Waals surface area contributed by atoms with Crippen LogP contribution in [0.25, 0.3) is 0 Å². The summed E-state index contributed by atoms with van der Waals surface area (Å²) in [5.41, 5.74) is -0.0159. The highest BCUT2D eigenvalue weighted by atomic mass is 19.4. The molecule has 134 valence electrons. The van der Waals surface area contributed by atoms with E-state index < -0.39 is 23.8 Å². The molecule has 2 rings (SSSR count). The molecule has 0 aromatic heterocycles. The minimum absolute atomic E-state index is 0.00439. The largest absolute Gasteiger partial charge is 0.454 e. The zero-order valence-electron chi connectivity index (χ0n) is 14.4. The Labute approximate surface area is 145 Å². The van der Waals surface area contributed by atoms with Gasteiger partial charge in [-0.1, -0.05) is 50.2 Å². The van der Waals surface area contributed by atoms with Crippen molar-refractivity contribution >= 4 is 5.97 Å². The average molecular weight is 350 g/mol. The maximum atomic E-state index is 13.3. The Kier molecular flexibility index (Phi) is 5.88. The standard InChI is InChI=1S/C20H21F3O2/c1-13(2)12-17-16(10-7-11-18(17)20(21,22)23)19(24)25-14(3)15-8-5-4-6-9-15/h4-11,13-14H,12H2,1-3H3. The topological polar surface area (TPSA) is 26.3 Å². The van der Waals surface area contributed by atoms with Crippen LogP contribution in [0.1, 0.15) is 53.9 Å². The molecule has 2 nitrogen and oxygen atoms in total. The van der Waals surface area contributed by atoms with Crippen molar-refractivity contribution in [1.29, 1.82) is 0 Å². The summed E-state index contributed by atoms with van der Waals surface area (Å²) >= 11 is 0. The number of ether oxygens (including phenoxy) is 1. The highest BCUT2D eigenvalue weighted by Gasteiger charge is 2.35. The highest BCUT2D eigenvalue weighted by Crippen LogP contribution is 2.35. The van der Waals surface area contributed by atoms with Gasteiger partial charge >= 0.3 is 12.1 Å². The smallest absolute Gasteiger partial charge is 0.416 e. The molecule has 0 saturated carbocycles. The molecule has 5 heteroatoms. The highest BCUT2D eigenvalue weighted by molar-refractivity contribution is 5.91. The third-order valence-electron chi connectivity index (χ3n) is 3.87. The summed E-state index contributed by atoms with van der Waals surface area (Å²) < 4.78 is 45.4. The van der Waals surface area contributed by atoms with Gasteiger partial charge in [0, 0.05) is 0 Å². The molecule has 1 unspecified atom stereocenters. The molecule has 2 aromatic rings. The summed E-state index contributed by atoms with van der Waals surface area (Å²) in [7, 11) is 0. The maximum absolute atomic E-state index is 13.3. The lowest BCUT2D eigenvalue weighted by Crippen LogP contribution is -2.17. The Balaban J connectivity index is 2.35. The monoisotopic (exact) mass is 350 g/mol. The van der Waals surface area contributed by atoms with Crippen molar-refractivity contribution in [2.45, 2.75) is 39.5 Å². The van der Waals surface area contributed by atoms with Gasteiger partial charge in [-0.25, -0.2) is 4.79 Å². The molecule has 0 fully saturated rings. The summed E-state index contributed by atoms with van der Waals surface area (Å²) in [6.07, 6.45) is -4.90. The van der Waals surface area contributed by atoms with Gasteiger partial charge in [0.15, 0.2) is 0 Å². The molecule has 1 atom stereocenters. The summed E-state index contributed by atoms with van der Waals surface area (Å²) in [6, 6.07) is 12.7. The number of carbonyl (C=O) groups excluding carboxylic acids is 1. The number of hydrogen-bond donors (Lipinski definition) is 0. The zero-order valence-corrected chi connectivity index (χ0v) is 14.4. The number of alkyl halides is 3. The lowest BCUT2D eigenvalue weighted by Gasteiger charge is -2.19. The lowest BCUT2D eigenvalue weighted by atomic mass is 9.93. The van der Waals surface area contributed by atoms with E-state index in [1.54, 1.807) is 19.1 Å². The summed E-state index contributed by atoms with van der Waals surface area (Å²) in [5, 5.41) is 0. The van der Waals surface area contributed by atoms with Crippen LogP contribution in [0.5, 0.6) is 0 Å². The van der Waals surface area contributed by atoms with Gasteiger partial charge in [-0.15, -0.1) is 0 Å². The van der Waals surface area contributed by atoms with Gasteiger partial charge in [0.05, 0.1) is 11.1 Å². The van der Waals surface area contributed by atoms with E-state index in [2.05, 4.69) is 0 Å². The SMILES string of the molecule is CC(C)Cc1c(C(=O)OC(C)c2ccccc2)cccc1C(F)(F)F. The van der Waals surface area contributed by atoms with Crippen LogP contribution in [0.2, 0.25) is 0 Å². The second kappa shape index (κ2) is 7.72. The predicted octanol–water partition coefficient (Wildman–Crippen LogP) is 5.82. The molecule has 0 saturated heterocycles. The number of benzene rings is 2. The number of carbonyl (C=O) groups is 1. The van der Waals surface area contributed by atoms with E-state index in [0.717, 1.165) is 11.6 Å². The van der Waals surface area contributed by atoms with Gasteiger partial charge in [-0.3, -0.25) is 0 Å². The summed E-state index contributed by atoms with van der Waals surface area (Å²) in [5.74, 6) is -0.764. The van der Waals surface area contributed by atoms with E-state index in [-0.39, 0.29) is 23.5 Å². The molecule has 0 heterocycles. The third-order valence-corrected chi connectivity index (χ3v) is 3.87. The quantitative estimate of drug-likeness (QED) is 0.635. The maximum Gasteiger partial charge on any atom is 0.416 e. The van der Waals surface area contributed by atoms with Crippen molar-refractivity contribution in [2.24, 2.45) is 5.92 Å². The van der Waals surface area contributed by atoms with E-state index in [1.807, 2.05) is 32.0 Å². The summed E-state index contributed by atoms with van der Waals surface area (Å²) in [4.78, 5) is 12.5.